The zero-order valence-corrected chi connectivity index (χ0v) is 27.0. The largest absolute Gasteiger partial charge is 0.455 e. The molecule has 1 aromatic carbocycles. The summed E-state index contributed by atoms with van der Waals surface area (Å²) in [5.74, 6) is -2.95. The molecule has 2 unspecified atom stereocenters. The fourth-order valence-corrected chi connectivity index (χ4v) is 12.4. The summed E-state index contributed by atoms with van der Waals surface area (Å²) < 4.78 is 37.7. The van der Waals surface area contributed by atoms with E-state index >= 15 is 0 Å². The summed E-state index contributed by atoms with van der Waals surface area (Å²) in [7, 11) is 6.59. The molecule has 248 valence electrons. The van der Waals surface area contributed by atoms with Gasteiger partial charge in [-0.1, -0.05) is 25.1 Å². The summed E-state index contributed by atoms with van der Waals surface area (Å²) >= 11 is 0. The molecule has 1 spiro atoms. The SMILES string of the molecule is CCN1C[C@]2(COC)CC[C@H](OC)[C@]34C1[C@H]([C@H](OC)[C@H]23)[C@]1(OC(C)=O)C2[C@@H](OC(=O)c3ccccc3)[C@@](O)(C[C@H]24)[C@@H](OC)[C@@H]1O. The molecule has 7 rings (SSSR count). The van der Waals surface area contributed by atoms with E-state index in [1.54, 1.807) is 45.6 Å². The maximum Gasteiger partial charge on any atom is 0.338 e. The molecule has 2 N–H and O–H groups in total. The van der Waals surface area contributed by atoms with Crippen LogP contribution in [0.5, 0.6) is 0 Å². The fraction of sp³-hybridized carbons (Fsp3) is 0.765. The van der Waals surface area contributed by atoms with E-state index in [0.29, 0.717) is 18.7 Å². The van der Waals surface area contributed by atoms with Gasteiger partial charge in [-0.3, -0.25) is 9.69 Å². The van der Waals surface area contributed by atoms with E-state index in [1.165, 1.54) is 14.0 Å². The molecule has 0 amide bonds. The number of piperidine rings is 1. The minimum absolute atomic E-state index is 0.101. The van der Waals surface area contributed by atoms with Crippen molar-refractivity contribution >= 4 is 11.9 Å². The van der Waals surface area contributed by atoms with Gasteiger partial charge in [0.25, 0.3) is 0 Å². The lowest BCUT2D eigenvalue weighted by molar-refractivity contribution is -0.317. The van der Waals surface area contributed by atoms with E-state index in [0.717, 1.165) is 19.4 Å². The van der Waals surface area contributed by atoms with Gasteiger partial charge in [-0.15, -0.1) is 0 Å². The third-order valence-corrected chi connectivity index (χ3v) is 13.0. The lowest BCUT2D eigenvalue weighted by Crippen LogP contribution is -2.80. The summed E-state index contributed by atoms with van der Waals surface area (Å²) in [6.07, 6.45) is -2.64. The second-order valence-corrected chi connectivity index (χ2v) is 14.3. The number of carbonyl (C=O) groups is 2. The molecule has 1 aromatic rings. The zero-order valence-electron chi connectivity index (χ0n) is 27.0. The smallest absolute Gasteiger partial charge is 0.338 e. The monoisotopic (exact) mass is 629 g/mol. The van der Waals surface area contributed by atoms with Crippen molar-refractivity contribution in [3.8, 4) is 0 Å². The van der Waals surface area contributed by atoms with Gasteiger partial charge < -0.3 is 38.6 Å². The first kappa shape index (κ1) is 31.5. The number of ether oxygens (including phenoxy) is 6. The highest BCUT2D eigenvalue weighted by molar-refractivity contribution is 5.89. The van der Waals surface area contributed by atoms with Gasteiger partial charge >= 0.3 is 11.9 Å². The molecule has 0 aromatic heterocycles. The lowest BCUT2D eigenvalue weighted by Gasteiger charge is -2.69. The fourth-order valence-electron chi connectivity index (χ4n) is 12.4. The molecule has 11 heteroatoms. The molecule has 6 aliphatic rings. The highest BCUT2D eigenvalue weighted by Crippen LogP contribution is 2.80. The molecule has 6 fully saturated rings. The summed E-state index contributed by atoms with van der Waals surface area (Å²) in [5, 5.41) is 25.3. The third-order valence-electron chi connectivity index (χ3n) is 13.0. The number of likely N-dealkylation sites (tertiary alicyclic amines) is 1. The number of carbonyl (C=O) groups excluding carboxylic acids is 2. The van der Waals surface area contributed by atoms with Crippen LogP contribution in [0.3, 0.4) is 0 Å². The van der Waals surface area contributed by atoms with Crippen molar-refractivity contribution < 1.29 is 48.2 Å². The number of rotatable bonds is 9. The number of aliphatic hydroxyl groups is 2. The summed E-state index contributed by atoms with van der Waals surface area (Å²) in [5.41, 5.74) is -3.92. The van der Waals surface area contributed by atoms with Crippen molar-refractivity contribution in [3.63, 3.8) is 0 Å². The molecule has 1 aliphatic heterocycles. The number of esters is 2. The standard InChI is InChI=1S/C34H47NO10/c1-7-35-16-31(17-40-3)14-13-21(41-4)33-20-15-32(39)28(44-30(38)19-11-9-8-10-12-19)22(20)34(45-18(2)36,27(37)29(32)43-6)23(26(33)35)24(42-5)25(31)33/h8-12,20-29,37,39H,7,13-17H2,1-6H3/t20-,21+,22?,23+,24+,25-,26?,27+,28-,29+,31+,32+,33+,34-/m1/s1. The molecule has 1 heterocycles. The third kappa shape index (κ3) is 3.66. The summed E-state index contributed by atoms with van der Waals surface area (Å²) in [6, 6.07) is 8.42. The van der Waals surface area contributed by atoms with Crippen LogP contribution in [-0.2, 0) is 33.2 Å². The van der Waals surface area contributed by atoms with E-state index in [1.807, 2.05) is 6.07 Å². The van der Waals surface area contributed by atoms with Crippen LogP contribution in [0.25, 0.3) is 0 Å². The van der Waals surface area contributed by atoms with Crippen LogP contribution >= 0.6 is 0 Å². The summed E-state index contributed by atoms with van der Waals surface area (Å²) in [4.78, 5) is 29.4. The number of hydrogen-bond acceptors (Lipinski definition) is 11. The van der Waals surface area contributed by atoms with E-state index in [2.05, 4.69) is 11.8 Å². The Bertz CT molecular complexity index is 1330. The van der Waals surface area contributed by atoms with E-state index in [-0.39, 0.29) is 35.8 Å². The van der Waals surface area contributed by atoms with Crippen LogP contribution in [0, 0.1) is 34.5 Å². The average molecular weight is 630 g/mol. The number of methoxy groups -OCH3 is 4. The van der Waals surface area contributed by atoms with Gasteiger partial charge in [-0.2, -0.15) is 0 Å². The highest BCUT2D eigenvalue weighted by Gasteiger charge is 2.91. The number of fused-ring (bicyclic) bond motifs is 2. The van der Waals surface area contributed by atoms with Gasteiger partial charge in [0.05, 0.1) is 24.4 Å². The van der Waals surface area contributed by atoms with Crippen molar-refractivity contribution in [2.75, 3.05) is 48.1 Å². The van der Waals surface area contributed by atoms with E-state index < -0.39 is 64.8 Å². The second-order valence-electron chi connectivity index (χ2n) is 14.3. The molecule has 7 bridgehead atoms. The summed E-state index contributed by atoms with van der Waals surface area (Å²) in [6.45, 7) is 5.44. The van der Waals surface area contributed by atoms with Gasteiger partial charge in [0.2, 0.25) is 0 Å². The van der Waals surface area contributed by atoms with Crippen LogP contribution in [0.1, 0.15) is 43.5 Å². The van der Waals surface area contributed by atoms with Crippen LogP contribution in [0.2, 0.25) is 0 Å². The molecular weight excluding hydrogens is 582 g/mol. The molecule has 1 saturated heterocycles. The van der Waals surface area contributed by atoms with Crippen molar-refractivity contribution in [2.45, 2.75) is 80.9 Å². The molecule has 5 aliphatic carbocycles. The molecule has 11 nitrogen and oxygen atoms in total. The average Bonchev–Trinajstić information content (AvgIpc) is 3.40. The van der Waals surface area contributed by atoms with Crippen molar-refractivity contribution in [3.05, 3.63) is 35.9 Å². The predicted octanol–water partition coefficient (Wildman–Crippen LogP) is 1.68. The van der Waals surface area contributed by atoms with Gasteiger partial charge in [0, 0.05) is 76.5 Å². The minimum atomic E-state index is -1.76. The lowest BCUT2D eigenvalue weighted by atomic mass is 9.43. The number of benzene rings is 1. The normalized spacial score (nSPS) is 49.1. The van der Waals surface area contributed by atoms with E-state index in [4.69, 9.17) is 28.4 Å². The number of nitrogens with zero attached hydrogens (tertiary/aromatic N) is 1. The maximum atomic E-state index is 13.7. The van der Waals surface area contributed by atoms with Gasteiger partial charge in [0.15, 0.2) is 5.60 Å². The van der Waals surface area contributed by atoms with Crippen molar-refractivity contribution in [1.29, 1.82) is 0 Å². The molecule has 0 radical (unpaired) electrons. The number of aliphatic hydroxyl groups excluding tert-OH is 1. The molecular formula is C34H47NO10. The predicted molar refractivity (Wildman–Crippen MR) is 159 cm³/mol. The zero-order chi connectivity index (χ0) is 32.1. The Morgan fingerprint density at radius 2 is 1.76 bits per heavy atom. The topological polar surface area (TPSA) is 133 Å². The van der Waals surface area contributed by atoms with Gasteiger partial charge in [-0.25, -0.2) is 4.79 Å². The van der Waals surface area contributed by atoms with Crippen molar-refractivity contribution in [1.82, 2.24) is 4.90 Å². The first-order valence-electron chi connectivity index (χ1n) is 16.2. The first-order valence-corrected chi connectivity index (χ1v) is 16.2. The van der Waals surface area contributed by atoms with Crippen LogP contribution in [0.4, 0.5) is 0 Å². The van der Waals surface area contributed by atoms with Crippen LogP contribution in [-0.4, -0.2) is 123 Å². The quantitative estimate of drug-likeness (QED) is 0.387. The molecule has 5 saturated carbocycles. The Morgan fingerprint density at radius 1 is 1.02 bits per heavy atom. The van der Waals surface area contributed by atoms with Crippen LogP contribution < -0.4 is 0 Å². The van der Waals surface area contributed by atoms with E-state index in [9.17, 15) is 19.8 Å². The highest BCUT2D eigenvalue weighted by atomic mass is 16.6. The Hall–Kier alpha value is -2.12. The van der Waals surface area contributed by atoms with Gasteiger partial charge in [0.1, 0.15) is 23.9 Å². The first-order chi connectivity index (χ1) is 21.6. The van der Waals surface area contributed by atoms with Crippen LogP contribution in [0.15, 0.2) is 30.3 Å². The Balaban J connectivity index is 1.52. The Morgan fingerprint density at radius 3 is 2.36 bits per heavy atom. The number of hydrogen-bond donors (Lipinski definition) is 2. The Kier molecular flexibility index (Phi) is 7.48. The van der Waals surface area contributed by atoms with Crippen molar-refractivity contribution in [2.24, 2.45) is 34.5 Å². The Labute approximate surface area is 264 Å². The maximum absolute atomic E-state index is 13.7. The second kappa shape index (κ2) is 10.7. The molecule has 14 atom stereocenters. The minimum Gasteiger partial charge on any atom is -0.455 e. The van der Waals surface area contributed by atoms with Gasteiger partial charge in [-0.05, 0) is 43.9 Å². The molecule has 45 heavy (non-hydrogen) atoms.